The maximum Gasteiger partial charge on any atom is 0.337 e. The smallest absolute Gasteiger partial charge is 0.337 e. The summed E-state index contributed by atoms with van der Waals surface area (Å²) >= 11 is 5.40. The summed E-state index contributed by atoms with van der Waals surface area (Å²) in [5, 5.41) is 3.41. The fourth-order valence-corrected chi connectivity index (χ4v) is 4.63. The van der Waals surface area contributed by atoms with E-state index in [1.165, 1.54) is 30.9 Å². The second-order valence-electron chi connectivity index (χ2n) is 8.78. The number of esters is 1. The van der Waals surface area contributed by atoms with Gasteiger partial charge in [0.15, 0.2) is 4.77 Å². The largest absolute Gasteiger partial charge is 0.465 e. The summed E-state index contributed by atoms with van der Waals surface area (Å²) in [6.07, 6.45) is 4.80. The van der Waals surface area contributed by atoms with Gasteiger partial charge in [0.05, 0.1) is 30.1 Å². The van der Waals surface area contributed by atoms with Crippen molar-refractivity contribution in [1.29, 1.82) is 0 Å². The lowest BCUT2D eigenvalue weighted by Crippen LogP contribution is -2.33. The Labute approximate surface area is 208 Å². The standard InChI is InChI=1S/C26H30N4O4S/c1-34-25(33)20-10-11-21-22(16-20)28-26(35)30(24(21)32)17-18-6-8-19(9-7-18)23(31)27-12-5-15-29-13-3-2-4-14-29/h6-11,16H,2-5,12-15,17H2,1H3,(H,27,31)(H,28,35). The monoisotopic (exact) mass is 494 g/mol. The first-order valence-electron chi connectivity index (χ1n) is 11.9. The molecule has 1 fully saturated rings. The topological polar surface area (TPSA) is 96.4 Å². The van der Waals surface area contributed by atoms with Crippen molar-refractivity contribution in [3.8, 4) is 0 Å². The molecular formula is C26H30N4O4S. The van der Waals surface area contributed by atoms with E-state index >= 15 is 0 Å². The van der Waals surface area contributed by atoms with Crippen molar-refractivity contribution >= 4 is 35.0 Å². The zero-order valence-electron chi connectivity index (χ0n) is 19.8. The minimum absolute atomic E-state index is 0.100. The van der Waals surface area contributed by atoms with Gasteiger partial charge in [-0.05, 0) is 87.0 Å². The molecule has 0 saturated carbocycles. The molecule has 1 saturated heterocycles. The third kappa shape index (κ3) is 6.04. The predicted octanol–water partition coefficient (Wildman–Crippen LogP) is 3.50. The SMILES string of the molecule is COC(=O)c1ccc2c(=O)n(Cc3ccc(C(=O)NCCCN4CCCCC4)cc3)c(=S)[nH]c2c1. The molecule has 1 aromatic heterocycles. The number of likely N-dealkylation sites (tertiary alicyclic amines) is 1. The molecule has 8 nitrogen and oxygen atoms in total. The molecule has 0 bridgehead atoms. The van der Waals surface area contributed by atoms with Gasteiger partial charge in [0.2, 0.25) is 0 Å². The molecule has 1 amide bonds. The third-order valence-corrected chi connectivity index (χ3v) is 6.67. The van der Waals surface area contributed by atoms with E-state index in [9.17, 15) is 14.4 Å². The molecule has 0 spiro atoms. The predicted molar refractivity (Wildman–Crippen MR) is 138 cm³/mol. The maximum absolute atomic E-state index is 13.0. The fourth-order valence-electron chi connectivity index (χ4n) is 4.38. The zero-order valence-corrected chi connectivity index (χ0v) is 20.7. The minimum Gasteiger partial charge on any atom is -0.465 e. The van der Waals surface area contributed by atoms with Crippen LogP contribution in [-0.2, 0) is 11.3 Å². The van der Waals surface area contributed by atoms with Crippen LogP contribution in [0.1, 0.15) is 52.0 Å². The van der Waals surface area contributed by atoms with Crippen LogP contribution in [0.25, 0.3) is 10.9 Å². The number of fused-ring (bicyclic) bond motifs is 1. The van der Waals surface area contributed by atoms with Gasteiger partial charge in [-0.2, -0.15) is 0 Å². The van der Waals surface area contributed by atoms with Gasteiger partial charge < -0.3 is 19.9 Å². The molecule has 3 aromatic rings. The molecule has 184 valence electrons. The molecule has 9 heteroatoms. The second-order valence-corrected chi connectivity index (χ2v) is 9.17. The number of amides is 1. The molecule has 0 atom stereocenters. The number of nitrogens with zero attached hydrogens (tertiary/aromatic N) is 2. The summed E-state index contributed by atoms with van der Waals surface area (Å²) < 4.78 is 6.45. The number of piperidine rings is 1. The van der Waals surface area contributed by atoms with E-state index in [1.54, 1.807) is 30.3 Å². The highest BCUT2D eigenvalue weighted by atomic mass is 32.1. The lowest BCUT2D eigenvalue weighted by molar-refractivity contribution is 0.0600. The van der Waals surface area contributed by atoms with Crippen LogP contribution < -0.4 is 10.9 Å². The molecule has 2 aromatic carbocycles. The number of aromatic amines is 1. The Morgan fingerprint density at radius 2 is 1.77 bits per heavy atom. The molecule has 0 radical (unpaired) electrons. The van der Waals surface area contributed by atoms with Crippen molar-refractivity contribution in [2.24, 2.45) is 0 Å². The highest BCUT2D eigenvalue weighted by Crippen LogP contribution is 2.13. The Morgan fingerprint density at radius 1 is 1.06 bits per heavy atom. The molecule has 2 heterocycles. The number of methoxy groups -OCH3 is 1. The van der Waals surface area contributed by atoms with E-state index in [2.05, 4.69) is 15.2 Å². The van der Waals surface area contributed by atoms with E-state index in [-0.39, 0.29) is 22.8 Å². The number of rotatable bonds is 8. The second kappa shape index (κ2) is 11.4. The number of nitrogens with one attached hydrogen (secondary N) is 2. The lowest BCUT2D eigenvalue weighted by Gasteiger charge is -2.26. The quantitative estimate of drug-likeness (QED) is 0.283. The first-order chi connectivity index (χ1) is 17.0. The molecule has 1 aliphatic rings. The zero-order chi connectivity index (χ0) is 24.8. The maximum atomic E-state index is 13.0. The number of ether oxygens (including phenoxy) is 1. The third-order valence-electron chi connectivity index (χ3n) is 6.35. The Hall–Kier alpha value is -3.30. The van der Waals surface area contributed by atoms with E-state index < -0.39 is 5.97 Å². The molecule has 2 N–H and O–H groups in total. The highest BCUT2D eigenvalue weighted by Gasteiger charge is 2.12. The molecule has 0 unspecified atom stereocenters. The van der Waals surface area contributed by atoms with Crippen molar-refractivity contribution in [2.75, 3.05) is 33.3 Å². The molecule has 35 heavy (non-hydrogen) atoms. The molecular weight excluding hydrogens is 464 g/mol. The van der Waals surface area contributed by atoms with Crippen LogP contribution in [0.15, 0.2) is 47.3 Å². The number of carbonyl (C=O) groups excluding carboxylic acids is 2. The number of carbonyl (C=O) groups is 2. The minimum atomic E-state index is -0.485. The Balaban J connectivity index is 1.39. The Kier molecular flexibility index (Phi) is 8.09. The number of H-pyrrole nitrogens is 1. The summed E-state index contributed by atoms with van der Waals surface area (Å²) in [7, 11) is 1.30. The summed E-state index contributed by atoms with van der Waals surface area (Å²) in [6.45, 7) is 4.25. The van der Waals surface area contributed by atoms with E-state index in [1.807, 2.05) is 12.1 Å². The van der Waals surface area contributed by atoms with Gasteiger partial charge in [0, 0.05) is 12.1 Å². The van der Waals surface area contributed by atoms with Gasteiger partial charge in [0.1, 0.15) is 0 Å². The van der Waals surface area contributed by atoms with Crippen LogP contribution >= 0.6 is 12.2 Å². The highest BCUT2D eigenvalue weighted by molar-refractivity contribution is 7.71. The molecule has 0 aliphatic carbocycles. The average Bonchev–Trinajstić information content (AvgIpc) is 2.89. The van der Waals surface area contributed by atoms with Crippen molar-refractivity contribution in [3.05, 3.63) is 74.3 Å². The molecule has 4 rings (SSSR count). The van der Waals surface area contributed by atoms with Crippen molar-refractivity contribution in [2.45, 2.75) is 32.2 Å². The van der Waals surface area contributed by atoms with Crippen LogP contribution in [0.3, 0.4) is 0 Å². The summed E-state index contributed by atoms with van der Waals surface area (Å²) in [5.74, 6) is -0.585. The normalized spacial score (nSPS) is 14.1. The first-order valence-corrected chi connectivity index (χ1v) is 12.3. The van der Waals surface area contributed by atoms with Crippen molar-refractivity contribution < 1.29 is 14.3 Å². The number of benzene rings is 2. The van der Waals surface area contributed by atoms with E-state index in [0.717, 1.165) is 31.6 Å². The van der Waals surface area contributed by atoms with Gasteiger partial charge in [-0.25, -0.2) is 4.79 Å². The van der Waals surface area contributed by atoms with E-state index in [0.29, 0.717) is 28.6 Å². The summed E-state index contributed by atoms with van der Waals surface area (Å²) in [4.78, 5) is 42.8. The van der Waals surface area contributed by atoms with Crippen LogP contribution in [-0.4, -0.2) is 59.6 Å². The molecule has 1 aliphatic heterocycles. The first kappa shape index (κ1) is 24.8. The average molecular weight is 495 g/mol. The Morgan fingerprint density at radius 3 is 2.49 bits per heavy atom. The van der Waals surface area contributed by atoms with Gasteiger partial charge in [-0.3, -0.25) is 14.2 Å². The van der Waals surface area contributed by atoms with Crippen LogP contribution in [0.4, 0.5) is 0 Å². The van der Waals surface area contributed by atoms with Crippen molar-refractivity contribution in [1.82, 2.24) is 19.8 Å². The number of aromatic nitrogens is 2. The van der Waals surface area contributed by atoms with Gasteiger partial charge in [-0.15, -0.1) is 0 Å². The number of hydrogen-bond donors (Lipinski definition) is 2. The Bertz CT molecular complexity index is 1320. The summed E-state index contributed by atoms with van der Waals surface area (Å²) in [6, 6.07) is 11.9. The van der Waals surface area contributed by atoms with Gasteiger partial charge in [0.25, 0.3) is 11.5 Å². The lowest BCUT2D eigenvalue weighted by atomic mass is 10.1. The fraction of sp³-hybridized carbons (Fsp3) is 0.385. The van der Waals surface area contributed by atoms with Crippen molar-refractivity contribution in [3.63, 3.8) is 0 Å². The number of hydrogen-bond acceptors (Lipinski definition) is 6. The van der Waals surface area contributed by atoms with Crippen LogP contribution in [0.5, 0.6) is 0 Å². The van der Waals surface area contributed by atoms with Gasteiger partial charge >= 0.3 is 5.97 Å². The van der Waals surface area contributed by atoms with E-state index in [4.69, 9.17) is 17.0 Å². The van der Waals surface area contributed by atoms with Gasteiger partial charge in [-0.1, -0.05) is 18.6 Å². The van der Waals surface area contributed by atoms with Crippen LogP contribution in [0, 0.1) is 4.77 Å². The van der Waals surface area contributed by atoms with Crippen LogP contribution in [0.2, 0.25) is 0 Å². The summed E-state index contributed by atoms with van der Waals surface area (Å²) in [5.41, 5.74) is 1.99.